The normalized spacial score (nSPS) is 22.1. The van der Waals surface area contributed by atoms with Gasteiger partial charge >= 0.3 is 27.6 Å². The highest BCUT2D eigenvalue weighted by molar-refractivity contribution is 7.47. The summed E-state index contributed by atoms with van der Waals surface area (Å²) in [6.45, 7) is 3.08. The molecule has 370 valence electrons. The Labute approximate surface area is 377 Å². The van der Waals surface area contributed by atoms with E-state index in [0.717, 1.165) is 83.5 Å². The van der Waals surface area contributed by atoms with Crippen molar-refractivity contribution in [1.82, 2.24) is 0 Å². The smallest absolute Gasteiger partial charge is 0.462 e. The zero-order valence-corrected chi connectivity index (χ0v) is 40.1. The zero-order chi connectivity index (χ0) is 46.8. The van der Waals surface area contributed by atoms with Gasteiger partial charge in [0, 0.05) is 12.8 Å². The number of allylic oxidation sites excluding steroid dienone is 4. The lowest BCUT2D eigenvalue weighted by molar-refractivity contribution is -0.216. The Balaban J connectivity index is 2.59. The molecule has 1 fully saturated rings. The summed E-state index contributed by atoms with van der Waals surface area (Å²) in [5.41, 5.74) is 0. The molecule has 0 aliphatic heterocycles. The van der Waals surface area contributed by atoms with E-state index in [2.05, 4.69) is 42.7 Å². The summed E-state index contributed by atoms with van der Waals surface area (Å²) in [7, 11) is -10.7. The maximum absolute atomic E-state index is 13.0. The van der Waals surface area contributed by atoms with Gasteiger partial charge in [0.25, 0.3) is 0 Å². The van der Waals surface area contributed by atoms with E-state index in [1.54, 1.807) is 0 Å². The molecule has 16 nitrogen and oxygen atoms in total. The molecule has 0 heterocycles. The Hall–Kier alpha value is -1.52. The van der Waals surface area contributed by atoms with Crippen molar-refractivity contribution < 1.29 is 76.9 Å². The molecular weight excluding hydrogens is 858 g/mol. The van der Waals surface area contributed by atoms with Gasteiger partial charge in [0.2, 0.25) is 0 Å². The van der Waals surface area contributed by atoms with E-state index in [9.17, 15) is 44.0 Å². The average molecular weight is 943 g/mol. The molecule has 18 heteroatoms. The first-order valence-electron chi connectivity index (χ1n) is 23.9. The number of phosphoric acid groups is 2. The fourth-order valence-corrected chi connectivity index (χ4v) is 8.83. The van der Waals surface area contributed by atoms with Crippen molar-refractivity contribution in [2.45, 2.75) is 236 Å². The van der Waals surface area contributed by atoms with Gasteiger partial charge in [-0.05, 0) is 44.9 Å². The number of ether oxygens (including phenoxy) is 2. The number of aliphatic hydroxyl groups is 4. The van der Waals surface area contributed by atoms with Crippen LogP contribution in [0.1, 0.15) is 194 Å². The number of hydrogen-bond acceptors (Lipinski definition) is 13. The van der Waals surface area contributed by atoms with Crippen LogP contribution in [-0.4, -0.2) is 103 Å². The molecule has 1 aliphatic carbocycles. The van der Waals surface area contributed by atoms with Crippen molar-refractivity contribution in [3.8, 4) is 0 Å². The van der Waals surface area contributed by atoms with Crippen molar-refractivity contribution in [2.24, 2.45) is 0 Å². The summed E-state index contributed by atoms with van der Waals surface area (Å²) in [6, 6.07) is 0. The third-order valence-corrected chi connectivity index (χ3v) is 12.5. The van der Waals surface area contributed by atoms with Crippen LogP contribution >= 0.6 is 15.6 Å². The maximum Gasteiger partial charge on any atom is 0.472 e. The lowest BCUT2D eigenvalue weighted by Crippen LogP contribution is -2.64. The van der Waals surface area contributed by atoms with Crippen LogP contribution in [0.15, 0.2) is 24.3 Å². The topological polar surface area (TPSA) is 256 Å². The third-order valence-electron chi connectivity index (χ3n) is 11.0. The standard InChI is InChI=1S/C45H84O16P2/c1-3-5-7-9-11-13-15-17-18-19-20-22-24-26-28-30-32-34-39(47)59-37(35-57-38(46)33-31-29-27-25-23-21-16-14-12-10-8-6-4-2)36-58-63(55,56)61-45-42(50)40(48)41(49)44(43(45)51)60-62(52,53)54/h11,13,17-18,37,40-45,48-51H,3-10,12,14-16,19-36H2,1-2H3,(H,55,56)(H2,52,53,54)/b13-11-,18-17-/t37-,40?,41?,42?,43?,44-,45+/m1/s1. The second kappa shape index (κ2) is 36.6. The Kier molecular flexibility index (Phi) is 34.5. The first-order valence-corrected chi connectivity index (χ1v) is 26.9. The predicted molar refractivity (Wildman–Crippen MR) is 241 cm³/mol. The van der Waals surface area contributed by atoms with Gasteiger partial charge in [-0.1, -0.05) is 160 Å². The molecule has 8 atom stereocenters. The maximum atomic E-state index is 13.0. The number of unbranched alkanes of at least 4 members (excludes halogenated alkanes) is 22. The van der Waals surface area contributed by atoms with Crippen LogP contribution in [0.25, 0.3) is 0 Å². The second-order valence-electron chi connectivity index (χ2n) is 16.8. The Morgan fingerprint density at radius 1 is 0.508 bits per heavy atom. The monoisotopic (exact) mass is 943 g/mol. The van der Waals surface area contributed by atoms with Gasteiger partial charge in [0.1, 0.15) is 43.2 Å². The number of aliphatic hydroxyl groups excluding tert-OH is 4. The third kappa shape index (κ3) is 31.2. The molecule has 1 rings (SSSR count). The van der Waals surface area contributed by atoms with E-state index < -0.39 is 83.5 Å². The molecule has 0 radical (unpaired) electrons. The summed E-state index contributed by atoms with van der Waals surface area (Å²) in [4.78, 5) is 54.2. The fraction of sp³-hybridized carbons (Fsp3) is 0.867. The second-order valence-corrected chi connectivity index (χ2v) is 19.4. The van der Waals surface area contributed by atoms with Gasteiger partial charge in [0.15, 0.2) is 6.10 Å². The minimum Gasteiger partial charge on any atom is -0.462 e. The van der Waals surface area contributed by atoms with E-state index in [4.69, 9.17) is 28.3 Å². The van der Waals surface area contributed by atoms with Gasteiger partial charge in [0.05, 0.1) is 6.61 Å². The highest BCUT2D eigenvalue weighted by atomic mass is 31.2. The molecule has 0 saturated heterocycles. The van der Waals surface area contributed by atoms with Crippen LogP contribution in [0, 0.1) is 0 Å². The number of carbonyl (C=O) groups is 2. The van der Waals surface area contributed by atoms with E-state index >= 15 is 0 Å². The van der Waals surface area contributed by atoms with E-state index in [1.165, 1.54) is 70.6 Å². The van der Waals surface area contributed by atoms with Crippen LogP contribution in [0.4, 0.5) is 0 Å². The highest BCUT2D eigenvalue weighted by Crippen LogP contribution is 2.49. The number of phosphoric ester groups is 2. The van der Waals surface area contributed by atoms with Gasteiger partial charge in [-0.15, -0.1) is 0 Å². The van der Waals surface area contributed by atoms with Crippen molar-refractivity contribution in [3.05, 3.63) is 24.3 Å². The lowest BCUT2D eigenvalue weighted by Gasteiger charge is -2.43. The molecule has 0 spiro atoms. The van der Waals surface area contributed by atoms with Crippen LogP contribution < -0.4 is 0 Å². The minimum atomic E-state index is -5.36. The molecule has 0 aromatic heterocycles. The molecule has 0 amide bonds. The molecule has 5 unspecified atom stereocenters. The van der Waals surface area contributed by atoms with E-state index in [-0.39, 0.29) is 12.8 Å². The van der Waals surface area contributed by atoms with Crippen LogP contribution in [0.5, 0.6) is 0 Å². The number of rotatable bonds is 40. The van der Waals surface area contributed by atoms with Crippen molar-refractivity contribution in [3.63, 3.8) is 0 Å². The number of hydrogen-bond donors (Lipinski definition) is 7. The van der Waals surface area contributed by atoms with Gasteiger partial charge in [-0.2, -0.15) is 0 Å². The van der Waals surface area contributed by atoms with Crippen LogP contribution in [0.2, 0.25) is 0 Å². The van der Waals surface area contributed by atoms with Gasteiger partial charge in [-0.3, -0.25) is 23.2 Å². The molecule has 63 heavy (non-hydrogen) atoms. The zero-order valence-electron chi connectivity index (χ0n) is 38.3. The van der Waals surface area contributed by atoms with Crippen LogP contribution in [-0.2, 0) is 41.8 Å². The summed E-state index contributed by atoms with van der Waals surface area (Å²) < 4.78 is 49.4. The largest absolute Gasteiger partial charge is 0.472 e. The quantitative estimate of drug-likeness (QED) is 0.0131. The van der Waals surface area contributed by atoms with E-state index in [1.807, 2.05) is 0 Å². The van der Waals surface area contributed by atoms with Gasteiger partial charge < -0.3 is 44.6 Å². The minimum absolute atomic E-state index is 0.0379. The molecule has 1 saturated carbocycles. The molecule has 0 aromatic carbocycles. The first kappa shape index (κ1) is 59.5. The Bertz CT molecular complexity index is 1330. The van der Waals surface area contributed by atoms with Gasteiger partial charge in [-0.25, -0.2) is 9.13 Å². The summed E-state index contributed by atoms with van der Waals surface area (Å²) in [5, 5.41) is 41.2. The molecular formula is C45H84O16P2. The lowest BCUT2D eigenvalue weighted by atomic mass is 9.85. The molecule has 7 N–H and O–H groups in total. The number of esters is 2. The van der Waals surface area contributed by atoms with Crippen molar-refractivity contribution in [1.29, 1.82) is 0 Å². The first-order chi connectivity index (χ1) is 30.1. The summed E-state index contributed by atoms with van der Waals surface area (Å²) in [5.74, 6) is -1.21. The van der Waals surface area contributed by atoms with E-state index in [0.29, 0.717) is 12.8 Å². The fourth-order valence-electron chi connectivity index (χ4n) is 7.29. The summed E-state index contributed by atoms with van der Waals surface area (Å²) >= 11 is 0. The Morgan fingerprint density at radius 2 is 0.921 bits per heavy atom. The number of carbonyl (C=O) groups excluding carboxylic acids is 2. The van der Waals surface area contributed by atoms with Crippen LogP contribution in [0.3, 0.4) is 0 Å². The predicted octanol–water partition coefficient (Wildman–Crippen LogP) is 8.95. The van der Waals surface area contributed by atoms with Crippen molar-refractivity contribution in [2.75, 3.05) is 13.2 Å². The Morgan fingerprint density at radius 3 is 1.41 bits per heavy atom. The summed E-state index contributed by atoms with van der Waals surface area (Å²) in [6.07, 6.45) is 22.7. The average Bonchev–Trinajstić information content (AvgIpc) is 3.23. The SMILES string of the molecule is CCCCC/C=C\C/C=C\CCCCCCCCCC(=O)O[C@H](COC(=O)CCCCCCCCCCCCCCC)COP(=O)(O)O[C@H]1C(O)C(O)C(O)[C@@H](OP(=O)(O)O)C1O. The highest BCUT2D eigenvalue weighted by Gasteiger charge is 2.54. The molecule has 1 aliphatic rings. The molecule has 0 bridgehead atoms. The van der Waals surface area contributed by atoms with Crippen molar-refractivity contribution >= 4 is 27.6 Å². The molecule has 0 aromatic rings.